The smallest absolute Gasteiger partial charge is 0.244 e. The Morgan fingerprint density at radius 1 is 1.21 bits per heavy atom. The maximum Gasteiger partial charge on any atom is 0.244 e. The fraction of sp³-hybridized carbons (Fsp3) is 0.316. The van der Waals surface area contributed by atoms with E-state index >= 15 is 0 Å². The molecule has 0 aliphatic carbocycles. The molecule has 1 aliphatic rings. The van der Waals surface area contributed by atoms with Gasteiger partial charge in [-0.1, -0.05) is 6.07 Å². The van der Waals surface area contributed by atoms with Crippen LogP contribution in [0.1, 0.15) is 18.4 Å². The normalized spacial score (nSPS) is 17.5. The minimum atomic E-state index is -3.97. The van der Waals surface area contributed by atoms with Gasteiger partial charge < -0.3 is 10.1 Å². The van der Waals surface area contributed by atoms with Crippen molar-refractivity contribution in [3.8, 4) is 5.75 Å². The lowest BCUT2D eigenvalue weighted by molar-refractivity contribution is -0.119. The highest BCUT2D eigenvalue weighted by atomic mass is 32.2. The molecule has 6 nitrogen and oxygen atoms in total. The van der Waals surface area contributed by atoms with Gasteiger partial charge in [0, 0.05) is 18.7 Å². The number of halogens is 2. The van der Waals surface area contributed by atoms with Crippen molar-refractivity contribution in [1.29, 1.82) is 0 Å². The number of carbonyl (C=O) groups is 1. The molecule has 1 saturated heterocycles. The predicted octanol–water partition coefficient (Wildman–Crippen LogP) is 3.07. The molecule has 2 aromatic rings. The molecular weight excluding hydrogens is 390 g/mol. The molecule has 0 radical (unpaired) electrons. The maximum absolute atomic E-state index is 13.8. The Bertz CT molecular complexity index is 1010. The molecule has 1 N–H and O–H groups in total. The lowest BCUT2D eigenvalue weighted by Gasteiger charge is -2.24. The standard InChI is InChI=1S/C19H20F2N2O4S/c1-12-5-7-14(27-2)11-18(12)28(25,26)23-9-3-4-17(23)19(24)22-16-8-6-13(20)10-15(16)21/h5-8,10-11,17H,3-4,9H2,1-2H3,(H,22,24)/t17-/m1/s1. The van der Waals surface area contributed by atoms with Crippen LogP contribution in [0, 0.1) is 18.6 Å². The molecule has 0 spiro atoms. The number of rotatable bonds is 5. The van der Waals surface area contributed by atoms with Crippen LogP contribution in [-0.4, -0.2) is 38.3 Å². The molecule has 1 atom stereocenters. The number of benzene rings is 2. The first kappa shape index (κ1) is 20.2. The molecule has 9 heteroatoms. The number of anilines is 1. The number of methoxy groups -OCH3 is 1. The van der Waals surface area contributed by atoms with E-state index in [1.54, 1.807) is 19.1 Å². The van der Waals surface area contributed by atoms with Crippen LogP contribution in [0.5, 0.6) is 5.75 Å². The summed E-state index contributed by atoms with van der Waals surface area (Å²) in [5, 5.41) is 2.36. The Kier molecular flexibility index (Phi) is 5.66. The van der Waals surface area contributed by atoms with E-state index in [0.29, 0.717) is 30.2 Å². The van der Waals surface area contributed by atoms with Crippen molar-refractivity contribution in [2.24, 2.45) is 0 Å². The number of amides is 1. The lowest BCUT2D eigenvalue weighted by atomic mass is 10.2. The number of aryl methyl sites for hydroxylation is 1. The fourth-order valence-corrected chi connectivity index (χ4v) is 5.11. The van der Waals surface area contributed by atoms with E-state index < -0.39 is 33.6 Å². The van der Waals surface area contributed by atoms with Crippen LogP contribution in [0.3, 0.4) is 0 Å². The summed E-state index contributed by atoms with van der Waals surface area (Å²) in [4.78, 5) is 12.7. The zero-order chi connectivity index (χ0) is 20.5. The molecule has 28 heavy (non-hydrogen) atoms. The average molecular weight is 410 g/mol. The molecule has 1 aliphatic heterocycles. The van der Waals surface area contributed by atoms with E-state index in [9.17, 15) is 22.0 Å². The number of carbonyl (C=O) groups excluding carboxylic acids is 1. The first-order valence-electron chi connectivity index (χ1n) is 8.66. The number of nitrogens with one attached hydrogen (secondary N) is 1. The summed E-state index contributed by atoms with van der Waals surface area (Å²) in [5.41, 5.74) is 0.324. The van der Waals surface area contributed by atoms with E-state index in [2.05, 4.69) is 5.32 Å². The fourth-order valence-electron chi connectivity index (χ4n) is 3.21. The van der Waals surface area contributed by atoms with Gasteiger partial charge in [-0.25, -0.2) is 17.2 Å². The van der Waals surface area contributed by atoms with Crippen LogP contribution in [0.4, 0.5) is 14.5 Å². The second kappa shape index (κ2) is 7.84. The molecule has 1 amide bonds. The van der Waals surface area contributed by atoms with E-state index in [4.69, 9.17) is 4.74 Å². The van der Waals surface area contributed by atoms with Gasteiger partial charge in [-0.2, -0.15) is 4.31 Å². The molecule has 0 unspecified atom stereocenters. The van der Waals surface area contributed by atoms with Gasteiger partial charge in [0.15, 0.2) is 0 Å². The van der Waals surface area contributed by atoms with Crippen molar-refractivity contribution in [1.82, 2.24) is 4.31 Å². The molecule has 0 saturated carbocycles. The van der Waals surface area contributed by atoms with Gasteiger partial charge in [0.05, 0.1) is 17.7 Å². The molecule has 3 rings (SSSR count). The zero-order valence-electron chi connectivity index (χ0n) is 15.4. The van der Waals surface area contributed by atoms with E-state index in [1.165, 1.54) is 13.2 Å². The number of hydrogen-bond acceptors (Lipinski definition) is 4. The van der Waals surface area contributed by atoms with Gasteiger partial charge >= 0.3 is 0 Å². The first-order chi connectivity index (χ1) is 13.2. The Balaban J connectivity index is 1.88. The molecule has 150 valence electrons. The zero-order valence-corrected chi connectivity index (χ0v) is 16.2. The van der Waals surface area contributed by atoms with Gasteiger partial charge in [-0.15, -0.1) is 0 Å². The highest BCUT2D eigenvalue weighted by molar-refractivity contribution is 7.89. The summed E-state index contributed by atoms with van der Waals surface area (Å²) >= 11 is 0. The van der Waals surface area contributed by atoms with Gasteiger partial charge in [0.2, 0.25) is 15.9 Å². The largest absolute Gasteiger partial charge is 0.497 e. The number of nitrogens with zero attached hydrogens (tertiary/aromatic N) is 1. The van der Waals surface area contributed by atoms with E-state index in [-0.39, 0.29) is 17.1 Å². The Morgan fingerprint density at radius 2 is 1.96 bits per heavy atom. The van der Waals surface area contributed by atoms with Crippen molar-refractivity contribution in [2.75, 3.05) is 19.0 Å². The van der Waals surface area contributed by atoms with Crippen LogP contribution in [0.15, 0.2) is 41.3 Å². The molecular formula is C19H20F2N2O4S. The van der Waals surface area contributed by atoms with Gasteiger partial charge in [0.25, 0.3) is 0 Å². The summed E-state index contributed by atoms with van der Waals surface area (Å²) in [7, 11) is -2.53. The van der Waals surface area contributed by atoms with Gasteiger partial charge in [-0.3, -0.25) is 4.79 Å². The second-order valence-corrected chi connectivity index (χ2v) is 8.38. The predicted molar refractivity (Wildman–Crippen MR) is 99.6 cm³/mol. The molecule has 1 fully saturated rings. The monoisotopic (exact) mass is 410 g/mol. The number of hydrogen-bond donors (Lipinski definition) is 1. The minimum absolute atomic E-state index is 0.0551. The van der Waals surface area contributed by atoms with Crippen LogP contribution < -0.4 is 10.1 Å². The highest BCUT2D eigenvalue weighted by Crippen LogP contribution is 2.31. The lowest BCUT2D eigenvalue weighted by Crippen LogP contribution is -2.43. The first-order valence-corrected chi connectivity index (χ1v) is 10.1. The summed E-state index contributed by atoms with van der Waals surface area (Å²) in [6.07, 6.45) is 0.795. The third-order valence-electron chi connectivity index (χ3n) is 4.68. The van der Waals surface area contributed by atoms with Crippen molar-refractivity contribution < 1.29 is 26.7 Å². The Labute approximate surface area is 162 Å². The van der Waals surface area contributed by atoms with E-state index in [1.807, 2.05) is 0 Å². The number of ether oxygens (including phenoxy) is 1. The highest BCUT2D eigenvalue weighted by Gasteiger charge is 2.40. The topological polar surface area (TPSA) is 75.7 Å². The molecule has 1 heterocycles. The summed E-state index contributed by atoms with van der Waals surface area (Å²) < 4.78 is 59.4. The van der Waals surface area contributed by atoms with Crippen molar-refractivity contribution in [2.45, 2.75) is 30.7 Å². The quantitative estimate of drug-likeness (QED) is 0.822. The third kappa shape index (κ3) is 3.85. The third-order valence-corrected chi connectivity index (χ3v) is 6.73. The van der Waals surface area contributed by atoms with Crippen LogP contribution in [-0.2, 0) is 14.8 Å². The summed E-state index contributed by atoms with van der Waals surface area (Å²) in [5.74, 6) is -1.97. The molecule has 0 bridgehead atoms. The summed E-state index contributed by atoms with van der Waals surface area (Å²) in [6, 6.07) is 6.48. The second-order valence-electron chi connectivity index (χ2n) is 6.52. The molecule has 0 aromatic heterocycles. The van der Waals surface area contributed by atoms with Crippen LogP contribution in [0.25, 0.3) is 0 Å². The maximum atomic E-state index is 13.8. The summed E-state index contributed by atoms with van der Waals surface area (Å²) in [6.45, 7) is 1.83. The van der Waals surface area contributed by atoms with Crippen molar-refractivity contribution in [3.63, 3.8) is 0 Å². The van der Waals surface area contributed by atoms with E-state index in [0.717, 1.165) is 16.4 Å². The SMILES string of the molecule is COc1ccc(C)c(S(=O)(=O)N2CCC[C@@H]2C(=O)Nc2ccc(F)cc2F)c1. The average Bonchev–Trinajstić information content (AvgIpc) is 3.15. The minimum Gasteiger partial charge on any atom is -0.497 e. The van der Waals surface area contributed by atoms with Gasteiger partial charge in [-0.05, 0) is 43.5 Å². The van der Waals surface area contributed by atoms with Crippen molar-refractivity contribution >= 4 is 21.6 Å². The van der Waals surface area contributed by atoms with Crippen molar-refractivity contribution in [3.05, 3.63) is 53.6 Å². The Hall–Kier alpha value is -2.52. The van der Waals surface area contributed by atoms with Gasteiger partial charge in [0.1, 0.15) is 23.4 Å². The van der Waals surface area contributed by atoms with Crippen LogP contribution >= 0.6 is 0 Å². The Morgan fingerprint density at radius 3 is 2.64 bits per heavy atom. The number of sulfonamides is 1. The molecule has 2 aromatic carbocycles. The van der Waals surface area contributed by atoms with Crippen LogP contribution in [0.2, 0.25) is 0 Å².